The molecule has 1 saturated heterocycles. The molecule has 94 valence electrons. The van der Waals surface area contributed by atoms with E-state index < -0.39 is 0 Å². The van der Waals surface area contributed by atoms with E-state index in [0.717, 1.165) is 24.4 Å². The second-order valence-corrected chi connectivity index (χ2v) is 5.10. The number of fused-ring (bicyclic) bond motifs is 1. The summed E-state index contributed by atoms with van der Waals surface area (Å²) in [5.41, 5.74) is 1.36. The minimum absolute atomic E-state index is 0.220. The van der Waals surface area contributed by atoms with Gasteiger partial charge in [-0.05, 0) is 36.9 Å². The van der Waals surface area contributed by atoms with E-state index in [1.165, 1.54) is 19.3 Å². The predicted octanol–water partition coefficient (Wildman–Crippen LogP) is 3.32. The van der Waals surface area contributed by atoms with Crippen LogP contribution in [0.2, 0.25) is 10.3 Å². The third-order valence-corrected chi connectivity index (χ3v) is 3.62. The van der Waals surface area contributed by atoms with Gasteiger partial charge in [0.1, 0.15) is 11.0 Å². The molecular formula is C12H12Cl2N4. The van der Waals surface area contributed by atoms with Crippen molar-refractivity contribution in [3.05, 3.63) is 22.6 Å². The monoisotopic (exact) mass is 282 g/mol. The molecule has 2 aromatic heterocycles. The molecule has 3 rings (SSSR count). The van der Waals surface area contributed by atoms with Gasteiger partial charge in [0.15, 0.2) is 5.82 Å². The highest BCUT2D eigenvalue weighted by molar-refractivity contribution is 6.35. The van der Waals surface area contributed by atoms with Crippen LogP contribution in [0.3, 0.4) is 0 Å². The molecule has 0 aliphatic carbocycles. The van der Waals surface area contributed by atoms with Gasteiger partial charge in [-0.2, -0.15) is 4.98 Å². The van der Waals surface area contributed by atoms with Gasteiger partial charge in [0.2, 0.25) is 5.28 Å². The van der Waals surface area contributed by atoms with Crippen molar-refractivity contribution < 1.29 is 0 Å². The van der Waals surface area contributed by atoms with E-state index >= 15 is 0 Å². The Bertz CT molecular complexity index is 582. The Hall–Kier alpha value is -1.13. The maximum Gasteiger partial charge on any atom is 0.225 e. The first kappa shape index (κ1) is 11.9. The topological polar surface area (TPSA) is 41.9 Å². The van der Waals surface area contributed by atoms with Crippen molar-refractivity contribution in [2.75, 3.05) is 18.0 Å². The molecule has 1 aliphatic rings. The van der Waals surface area contributed by atoms with E-state index in [1.54, 1.807) is 12.3 Å². The molecule has 0 bridgehead atoms. The van der Waals surface area contributed by atoms with Crippen molar-refractivity contribution in [2.45, 2.75) is 19.3 Å². The van der Waals surface area contributed by atoms with E-state index in [1.807, 2.05) is 0 Å². The van der Waals surface area contributed by atoms with Crippen LogP contribution in [-0.2, 0) is 0 Å². The number of rotatable bonds is 1. The second-order valence-electron chi connectivity index (χ2n) is 4.35. The van der Waals surface area contributed by atoms with Gasteiger partial charge in [-0.15, -0.1) is 0 Å². The normalized spacial score (nSPS) is 16.2. The van der Waals surface area contributed by atoms with Crippen molar-refractivity contribution in [3.63, 3.8) is 0 Å². The lowest BCUT2D eigenvalue weighted by atomic mass is 10.1. The zero-order valence-electron chi connectivity index (χ0n) is 9.74. The fourth-order valence-corrected chi connectivity index (χ4v) is 2.64. The van der Waals surface area contributed by atoms with Gasteiger partial charge < -0.3 is 4.90 Å². The van der Waals surface area contributed by atoms with Crippen molar-refractivity contribution in [1.29, 1.82) is 0 Å². The lowest BCUT2D eigenvalue weighted by molar-refractivity contribution is 0.574. The van der Waals surface area contributed by atoms with Crippen LogP contribution >= 0.6 is 23.2 Å². The molecule has 2 aromatic rings. The molecule has 1 fully saturated rings. The van der Waals surface area contributed by atoms with Crippen LogP contribution in [0.4, 0.5) is 5.82 Å². The first-order chi connectivity index (χ1) is 8.75. The SMILES string of the molecule is Clc1nc(N2CCCCC2)c2nccc(Cl)c2n1. The van der Waals surface area contributed by atoms with Gasteiger partial charge >= 0.3 is 0 Å². The van der Waals surface area contributed by atoms with Crippen LogP contribution in [-0.4, -0.2) is 28.0 Å². The Morgan fingerprint density at radius 3 is 2.56 bits per heavy atom. The van der Waals surface area contributed by atoms with E-state index in [9.17, 15) is 0 Å². The minimum Gasteiger partial charge on any atom is -0.355 e. The van der Waals surface area contributed by atoms with Crippen LogP contribution in [0.1, 0.15) is 19.3 Å². The molecule has 0 saturated carbocycles. The molecule has 0 aromatic carbocycles. The Morgan fingerprint density at radius 2 is 1.78 bits per heavy atom. The summed E-state index contributed by atoms with van der Waals surface area (Å²) in [6.07, 6.45) is 5.28. The highest BCUT2D eigenvalue weighted by Gasteiger charge is 2.18. The quantitative estimate of drug-likeness (QED) is 0.753. The summed E-state index contributed by atoms with van der Waals surface area (Å²) in [6, 6.07) is 1.72. The number of hydrogen-bond donors (Lipinski definition) is 0. The van der Waals surface area contributed by atoms with Crippen molar-refractivity contribution >= 4 is 40.1 Å². The molecule has 0 unspecified atom stereocenters. The van der Waals surface area contributed by atoms with E-state index in [-0.39, 0.29) is 5.28 Å². The summed E-state index contributed by atoms with van der Waals surface area (Å²) in [5, 5.41) is 0.778. The Morgan fingerprint density at radius 1 is 1.00 bits per heavy atom. The number of hydrogen-bond acceptors (Lipinski definition) is 4. The Labute approximate surface area is 115 Å². The highest BCUT2D eigenvalue weighted by Crippen LogP contribution is 2.29. The standard InChI is InChI=1S/C12H12Cl2N4/c13-8-4-5-15-10-9(8)16-12(14)17-11(10)18-6-2-1-3-7-18/h4-5H,1-3,6-7H2. The summed E-state index contributed by atoms with van der Waals surface area (Å²) >= 11 is 12.1. The number of halogens is 2. The first-order valence-corrected chi connectivity index (χ1v) is 6.74. The third kappa shape index (κ3) is 2.10. The molecule has 0 radical (unpaired) electrons. The summed E-state index contributed by atoms with van der Waals surface area (Å²) in [6.45, 7) is 1.97. The number of anilines is 1. The fourth-order valence-electron chi connectivity index (χ4n) is 2.28. The molecule has 18 heavy (non-hydrogen) atoms. The molecule has 6 heteroatoms. The third-order valence-electron chi connectivity index (χ3n) is 3.14. The minimum atomic E-state index is 0.220. The van der Waals surface area contributed by atoms with Gasteiger partial charge in [0.25, 0.3) is 0 Å². The van der Waals surface area contributed by atoms with Crippen LogP contribution in [0.15, 0.2) is 12.3 Å². The summed E-state index contributed by atoms with van der Waals surface area (Å²) in [5.74, 6) is 0.798. The first-order valence-electron chi connectivity index (χ1n) is 5.98. The molecule has 0 amide bonds. The number of nitrogens with zero attached hydrogens (tertiary/aromatic N) is 4. The van der Waals surface area contributed by atoms with E-state index in [0.29, 0.717) is 10.5 Å². The van der Waals surface area contributed by atoms with Gasteiger partial charge in [-0.25, -0.2) is 4.98 Å². The van der Waals surface area contributed by atoms with Gasteiger partial charge in [-0.3, -0.25) is 4.98 Å². The molecule has 1 aliphatic heterocycles. The van der Waals surface area contributed by atoms with E-state index in [4.69, 9.17) is 23.2 Å². The Kier molecular flexibility index (Phi) is 3.22. The lowest BCUT2D eigenvalue weighted by Crippen LogP contribution is -2.30. The van der Waals surface area contributed by atoms with Crippen molar-refractivity contribution in [2.24, 2.45) is 0 Å². The molecule has 0 spiro atoms. The summed E-state index contributed by atoms with van der Waals surface area (Å²) in [4.78, 5) is 15.0. The van der Waals surface area contributed by atoms with Crippen LogP contribution in [0.5, 0.6) is 0 Å². The molecule has 4 nitrogen and oxygen atoms in total. The fraction of sp³-hybridized carbons (Fsp3) is 0.417. The summed E-state index contributed by atoms with van der Waals surface area (Å²) < 4.78 is 0. The predicted molar refractivity (Wildman–Crippen MR) is 73.4 cm³/mol. The zero-order chi connectivity index (χ0) is 12.5. The average molecular weight is 283 g/mol. The molecule has 3 heterocycles. The average Bonchev–Trinajstić information content (AvgIpc) is 2.40. The van der Waals surface area contributed by atoms with Crippen molar-refractivity contribution in [3.8, 4) is 0 Å². The maximum absolute atomic E-state index is 6.13. The number of pyridine rings is 1. The zero-order valence-corrected chi connectivity index (χ0v) is 11.2. The molecule has 0 N–H and O–H groups in total. The molecule has 0 atom stereocenters. The largest absolute Gasteiger partial charge is 0.355 e. The maximum atomic E-state index is 6.13. The van der Waals surface area contributed by atoms with Gasteiger partial charge in [-0.1, -0.05) is 11.6 Å². The lowest BCUT2D eigenvalue weighted by Gasteiger charge is -2.28. The van der Waals surface area contributed by atoms with Gasteiger partial charge in [0, 0.05) is 19.3 Å². The van der Waals surface area contributed by atoms with Crippen molar-refractivity contribution in [1.82, 2.24) is 15.0 Å². The molecular weight excluding hydrogens is 271 g/mol. The van der Waals surface area contributed by atoms with Crippen LogP contribution in [0, 0.1) is 0 Å². The second kappa shape index (κ2) is 4.86. The highest BCUT2D eigenvalue weighted by atomic mass is 35.5. The summed E-state index contributed by atoms with van der Waals surface area (Å²) in [7, 11) is 0. The number of piperidine rings is 1. The van der Waals surface area contributed by atoms with Crippen LogP contribution in [0.25, 0.3) is 11.0 Å². The Balaban J connectivity index is 2.18. The smallest absolute Gasteiger partial charge is 0.225 e. The number of aromatic nitrogens is 3. The van der Waals surface area contributed by atoms with Crippen LogP contribution < -0.4 is 4.90 Å². The van der Waals surface area contributed by atoms with E-state index in [2.05, 4.69) is 19.9 Å². The van der Waals surface area contributed by atoms with Gasteiger partial charge in [0.05, 0.1) is 5.02 Å².